The highest BCUT2D eigenvalue weighted by atomic mass is 16.3. The van der Waals surface area contributed by atoms with Gasteiger partial charge in [-0.2, -0.15) is 0 Å². The van der Waals surface area contributed by atoms with E-state index in [1.165, 1.54) is 12.4 Å². The van der Waals surface area contributed by atoms with Gasteiger partial charge in [-0.05, 0) is 12.1 Å². The van der Waals surface area contributed by atoms with Gasteiger partial charge < -0.3 is 4.42 Å². The molecule has 0 spiro atoms. The lowest BCUT2D eigenvalue weighted by Crippen LogP contribution is -1.99. The number of hydrogen-bond acceptors (Lipinski definition) is 4. The molecule has 0 aliphatic rings. The summed E-state index contributed by atoms with van der Waals surface area (Å²) in [7, 11) is 0. The Morgan fingerprint density at radius 1 is 1.07 bits per heavy atom. The van der Waals surface area contributed by atoms with Crippen molar-refractivity contribution in [3.05, 3.63) is 47.0 Å². The Bertz CT molecular complexity index is 703. The van der Waals surface area contributed by atoms with Gasteiger partial charge >= 0.3 is 5.56 Å². The molecular formula is C11H6N2O2. The third-order valence-electron chi connectivity index (χ3n) is 2.23. The molecule has 0 amide bonds. The predicted octanol–water partition coefficient (Wildman–Crippen LogP) is 1.74. The molecule has 0 unspecified atom stereocenters. The van der Waals surface area contributed by atoms with Crippen molar-refractivity contribution in [1.82, 2.24) is 9.97 Å². The maximum atomic E-state index is 11.5. The summed E-state index contributed by atoms with van der Waals surface area (Å²) in [5, 5.41) is 0.836. The third-order valence-corrected chi connectivity index (χ3v) is 2.23. The molecule has 4 heteroatoms. The summed E-state index contributed by atoms with van der Waals surface area (Å²) in [5.74, 6) is 0. The second kappa shape index (κ2) is 2.88. The smallest absolute Gasteiger partial charge is 0.315 e. The van der Waals surface area contributed by atoms with Crippen molar-refractivity contribution >= 4 is 22.1 Å². The van der Waals surface area contributed by atoms with E-state index in [1.54, 1.807) is 6.07 Å². The molecular weight excluding hydrogens is 192 g/mol. The molecule has 0 fully saturated rings. The molecule has 2 aromatic heterocycles. The molecule has 0 saturated carbocycles. The van der Waals surface area contributed by atoms with Gasteiger partial charge in [0.1, 0.15) is 11.1 Å². The van der Waals surface area contributed by atoms with E-state index in [0.29, 0.717) is 11.1 Å². The first-order valence-corrected chi connectivity index (χ1v) is 4.49. The molecule has 0 bridgehead atoms. The molecule has 0 radical (unpaired) electrons. The standard InChI is InChI=1S/C11H6N2O2/c14-11-10-9(12-5-6-13-11)7-3-1-2-4-8(7)15-10/h1-6H. The van der Waals surface area contributed by atoms with Crippen LogP contribution in [0, 0.1) is 0 Å². The molecule has 2 heterocycles. The van der Waals surface area contributed by atoms with Crippen molar-refractivity contribution in [1.29, 1.82) is 0 Å². The van der Waals surface area contributed by atoms with Crippen molar-refractivity contribution < 1.29 is 4.42 Å². The van der Waals surface area contributed by atoms with Crippen LogP contribution in [0.4, 0.5) is 0 Å². The minimum Gasteiger partial charge on any atom is -0.448 e. The van der Waals surface area contributed by atoms with Crippen molar-refractivity contribution in [2.45, 2.75) is 0 Å². The Kier molecular flexibility index (Phi) is 1.56. The average Bonchev–Trinajstić information content (AvgIpc) is 2.54. The van der Waals surface area contributed by atoms with E-state index >= 15 is 0 Å². The first-order valence-electron chi connectivity index (χ1n) is 4.49. The van der Waals surface area contributed by atoms with E-state index in [1.807, 2.05) is 18.2 Å². The van der Waals surface area contributed by atoms with Gasteiger partial charge in [0.15, 0.2) is 0 Å². The van der Waals surface area contributed by atoms with E-state index < -0.39 is 5.56 Å². The van der Waals surface area contributed by atoms with Crippen LogP contribution in [-0.4, -0.2) is 9.97 Å². The van der Waals surface area contributed by atoms with Gasteiger partial charge in [-0.15, -0.1) is 0 Å². The number of fused-ring (bicyclic) bond motifs is 3. The number of aromatic nitrogens is 2. The van der Waals surface area contributed by atoms with E-state index in [4.69, 9.17) is 4.42 Å². The number of hydrogen-bond donors (Lipinski definition) is 0. The number of furan rings is 1. The maximum absolute atomic E-state index is 11.5. The summed E-state index contributed by atoms with van der Waals surface area (Å²) in [6, 6.07) is 7.40. The Hall–Kier alpha value is -2.23. The Morgan fingerprint density at radius 3 is 2.80 bits per heavy atom. The Morgan fingerprint density at radius 2 is 1.87 bits per heavy atom. The highest BCUT2D eigenvalue weighted by Gasteiger charge is 2.08. The van der Waals surface area contributed by atoms with Crippen molar-refractivity contribution in [3.63, 3.8) is 0 Å². The van der Waals surface area contributed by atoms with Crippen LogP contribution in [0.1, 0.15) is 0 Å². The Balaban J connectivity index is 2.70. The van der Waals surface area contributed by atoms with Crippen LogP contribution in [0.5, 0.6) is 0 Å². The van der Waals surface area contributed by atoms with Gasteiger partial charge in [-0.1, -0.05) is 12.1 Å². The quantitative estimate of drug-likeness (QED) is 0.552. The molecule has 3 aromatic rings. The van der Waals surface area contributed by atoms with Crippen LogP contribution in [0.15, 0.2) is 45.9 Å². The molecule has 3 rings (SSSR count). The summed E-state index contributed by atoms with van der Waals surface area (Å²) < 4.78 is 5.41. The summed E-state index contributed by atoms with van der Waals surface area (Å²) in [6.07, 6.45) is 2.86. The summed E-state index contributed by atoms with van der Waals surface area (Å²) in [4.78, 5) is 19.3. The normalized spacial score (nSPS) is 10.9. The SMILES string of the molecule is O=c1nccnc2c1oc1ccccc12. The van der Waals surface area contributed by atoms with Gasteiger partial charge in [-0.3, -0.25) is 9.78 Å². The molecule has 1 aromatic carbocycles. The molecule has 0 aliphatic heterocycles. The van der Waals surface area contributed by atoms with Crippen LogP contribution in [0.25, 0.3) is 22.1 Å². The molecule has 4 nitrogen and oxygen atoms in total. The van der Waals surface area contributed by atoms with Crippen molar-refractivity contribution in [2.75, 3.05) is 0 Å². The predicted molar refractivity (Wildman–Crippen MR) is 55.6 cm³/mol. The monoisotopic (exact) mass is 198 g/mol. The first kappa shape index (κ1) is 8.11. The van der Waals surface area contributed by atoms with Crippen LogP contribution in [0.3, 0.4) is 0 Å². The number of rotatable bonds is 0. The lowest BCUT2D eigenvalue weighted by Gasteiger charge is -1.83. The molecule has 15 heavy (non-hydrogen) atoms. The lowest BCUT2D eigenvalue weighted by atomic mass is 10.2. The van der Waals surface area contributed by atoms with Gasteiger partial charge in [0.05, 0.1) is 0 Å². The average molecular weight is 198 g/mol. The van der Waals surface area contributed by atoms with Crippen molar-refractivity contribution in [3.8, 4) is 0 Å². The van der Waals surface area contributed by atoms with Gasteiger partial charge in [0.2, 0.25) is 5.58 Å². The largest absolute Gasteiger partial charge is 0.448 e. The van der Waals surface area contributed by atoms with Crippen molar-refractivity contribution in [2.24, 2.45) is 0 Å². The maximum Gasteiger partial charge on any atom is 0.315 e. The molecule has 0 aliphatic carbocycles. The zero-order valence-electron chi connectivity index (χ0n) is 7.68. The number of nitrogens with zero attached hydrogens (tertiary/aromatic N) is 2. The number of para-hydroxylation sites is 1. The fourth-order valence-corrected chi connectivity index (χ4v) is 1.57. The number of benzene rings is 1. The summed E-state index contributed by atoms with van der Waals surface area (Å²) in [6.45, 7) is 0. The van der Waals surface area contributed by atoms with Gasteiger partial charge in [-0.25, -0.2) is 4.98 Å². The highest BCUT2D eigenvalue weighted by Crippen LogP contribution is 2.23. The zero-order valence-corrected chi connectivity index (χ0v) is 7.68. The molecule has 0 N–H and O–H groups in total. The third kappa shape index (κ3) is 1.11. The van der Waals surface area contributed by atoms with Crippen LogP contribution >= 0.6 is 0 Å². The second-order valence-electron chi connectivity index (χ2n) is 3.14. The van der Waals surface area contributed by atoms with Crippen LogP contribution in [-0.2, 0) is 0 Å². The van der Waals surface area contributed by atoms with E-state index in [-0.39, 0.29) is 5.58 Å². The van der Waals surface area contributed by atoms with E-state index in [2.05, 4.69) is 9.97 Å². The molecule has 72 valence electrons. The van der Waals surface area contributed by atoms with Gasteiger partial charge in [0, 0.05) is 17.8 Å². The first-order chi connectivity index (χ1) is 7.36. The second-order valence-corrected chi connectivity index (χ2v) is 3.14. The Labute approximate surface area is 84.2 Å². The fraction of sp³-hybridized carbons (Fsp3) is 0. The van der Waals surface area contributed by atoms with E-state index in [0.717, 1.165) is 5.39 Å². The van der Waals surface area contributed by atoms with Gasteiger partial charge in [0.25, 0.3) is 0 Å². The molecule has 0 saturated heterocycles. The summed E-state index contributed by atoms with van der Waals surface area (Å²) >= 11 is 0. The highest BCUT2D eigenvalue weighted by molar-refractivity contribution is 6.01. The topological polar surface area (TPSA) is 56.0 Å². The lowest BCUT2D eigenvalue weighted by molar-refractivity contribution is 0.663. The summed E-state index contributed by atoms with van der Waals surface area (Å²) in [5.41, 5.74) is 1.04. The van der Waals surface area contributed by atoms with Crippen LogP contribution in [0.2, 0.25) is 0 Å². The zero-order chi connectivity index (χ0) is 10.3. The van der Waals surface area contributed by atoms with E-state index in [9.17, 15) is 4.79 Å². The van der Waals surface area contributed by atoms with Crippen LogP contribution < -0.4 is 5.56 Å². The fourth-order valence-electron chi connectivity index (χ4n) is 1.57. The minimum absolute atomic E-state index is 0.209. The minimum atomic E-state index is -0.390. The molecule has 0 atom stereocenters.